The van der Waals surface area contributed by atoms with Gasteiger partial charge in [0, 0.05) is 5.56 Å². The normalized spacial score (nSPS) is 10.8. The lowest BCUT2D eigenvalue weighted by Crippen LogP contribution is -1.80. The summed E-state index contributed by atoms with van der Waals surface area (Å²) in [5, 5.41) is 12.6. The summed E-state index contributed by atoms with van der Waals surface area (Å²) in [6.07, 6.45) is 5.81. The van der Waals surface area contributed by atoms with Crippen LogP contribution in [0.3, 0.4) is 0 Å². The van der Waals surface area contributed by atoms with Crippen LogP contribution in [-0.2, 0) is 0 Å². The summed E-state index contributed by atoms with van der Waals surface area (Å²) in [7, 11) is 0. The second kappa shape index (κ2) is 5.29. The number of allylic oxidation sites excluding steroid dienone is 1. The minimum atomic E-state index is 0.217. The van der Waals surface area contributed by atoms with Gasteiger partial charge < -0.3 is 5.11 Å². The Morgan fingerprint density at radius 3 is 2.80 bits per heavy atom. The second-order valence-electron chi connectivity index (χ2n) is 3.48. The van der Waals surface area contributed by atoms with Crippen molar-refractivity contribution in [2.75, 3.05) is 0 Å². The molecule has 0 unspecified atom stereocenters. The summed E-state index contributed by atoms with van der Waals surface area (Å²) in [6, 6.07) is 3.15. The highest BCUT2D eigenvalue weighted by Gasteiger charge is 2.04. The van der Waals surface area contributed by atoms with Gasteiger partial charge in [0.2, 0.25) is 0 Å². The quantitative estimate of drug-likeness (QED) is 0.757. The molecular formula is C12H15NO2. The lowest BCUT2D eigenvalue weighted by atomic mass is 10.1. The maximum Gasteiger partial charge on any atom is 0.125 e. The maximum absolute atomic E-state index is 10.4. The number of benzene rings is 1. The summed E-state index contributed by atoms with van der Waals surface area (Å²) >= 11 is 0. The SMILES string of the molecule is CCC/C=C\c1cc(N=O)cc(C)c1O. The monoisotopic (exact) mass is 205 g/mol. The molecule has 1 aromatic rings. The Morgan fingerprint density at radius 1 is 1.47 bits per heavy atom. The molecule has 80 valence electrons. The Hall–Kier alpha value is -1.64. The molecule has 1 aromatic carbocycles. The Bertz CT molecular complexity index is 383. The number of aromatic hydroxyl groups is 1. The van der Waals surface area contributed by atoms with Crippen LogP contribution in [0.1, 0.15) is 30.9 Å². The van der Waals surface area contributed by atoms with Gasteiger partial charge in [-0.1, -0.05) is 25.5 Å². The second-order valence-corrected chi connectivity index (χ2v) is 3.48. The molecule has 0 radical (unpaired) electrons. The molecule has 3 nitrogen and oxygen atoms in total. The lowest BCUT2D eigenvalue weighted by Gasteiger charge is -2.03. The lowest BCUT2D eigenvalue weighted by molar-refractivity contribution is 0.470. The molecule has 0 spiro atoms. The standard InChI is InChI=1S/C12H15NO2/c1-3-4-5-6-10-8-11(13-15)7-9(2)12(10)14/h5-8,14H,3-4H2,1-2H3/b6-5-. The molecule has 3 heteroatoms. The molecule has 0 aromatic heterocycles. The van der Waals surface area contributed by atoms with E-state index in [1.54, 1.807) is 19.1 Å². The van der Waals surface area contributed by atoms with Crippen LogP contribution in [0, 0.1) is 11.8 Å². The first-order valence-corrected chi connectivity index (χ1v) is 5.02. The molecule has 0 aliphatic carbocycles. The van der Waals surface area contributed by atoms with E-state index in [9.17, 15) is 10.0 Å². The van der Waals surface area contributed by atoms with Gasteiger partial charge in [-0.2, -0.15) is 0 Å². The Morgan fingerprint density at radius 2 is 2.20 bits per heavy atom. The highest BCUT2D eigenvalue weighted by atomic mass is 16.3. The van der Waals surface area contributed by atoms with E-state index in [4.69, 9.17) is 0 Å². The summed E-state index contributed by atoms with van der Waals surface area (Å²) in [5.74, 6) is 0.217. The van der Waals surface area contributed by atoms with Gasteiger partial charge in [0.05, 0.1) is 0 Å². The molecule has 0 aliphatic rings. The summed E-state index contributed by atoms with van der Waals surface area (Å²) in [4.78, 5) is 10.4. The molecule has 0 heterocycles. The molecule has 1 N–H and O–H groups in total. The molecular weight excluding hydrogens is 190 g/mol. The fourth-order valence-electron chi connectivity index (χ4n) is 1.34. The summed E-state index contributed by atoms with van der Waals surface area (Å²) in [5.41, 5.74) is 1.67. The van der Waals surface area contributed by atoms with Crippen LogP contribution in [0.25, 0.3) is 6.08 Å². The first-order valence-electron chi connectivity index (χ1n) is 5.02. The number of unbranched alkanes of at least 4 members (excludes halogenated alkanes) is 1. The molecule has 0 saturated heterocycles. The van der Waals surface area contributed by atoms with Crippen molar-refractivity contribution < 1.29 is 5.11 Å². The van der Waals surface area contributed by atoms with E-state index in [-0.39, 0.29) is 5.75 Å². The van der Waals surface area contributed by atoms with E-state index in [1.807, 2.05) is 12.2 Å². The van der Waals surface area contributed by atoms with Crippen molar-refractivity contribution in [2.24, 2.45) is 5.18 Å². The Kier molecular flexibility index (Phi) is 4.03. The van der Waals surface area contributed by atoms with E-state index in [0.717, 1.165) is 12.8 Å². The van der Waals surface area contributed by atoms with Crippen molar-refractivity contribution in [3.05, 3.63) is 34.2 Å². The third-order valence-electron chi connectivity index (χ3n) is 2.17. The first-order chi connectivity index (χ1) is 7.19. The predicted molar refractivity (Wildman–Crippen MR) is 62.2 cm³/mol. The van der Waals surface area contributed by atoms with Crippen molar-refractivity contribution in [1.82, 2.24) is 0 Å². The Balaban J connectivity index is 3.04. The van der Waals surface area contributed by atoms with E-state index in [0.29, 0.717) is 16.8 Å². The highest BCUT2D eigenvalue weighted by molar-refractivity contribution is 5.64. The number of aryl methyl sites for hydroxylation is 1. The molecule has 15 heavy (non-hydrogen) atoms. The van der Waals surface area contributed by atoms with Gasteiger partial charge in [-0.15, -0.1) is 4.91 Å². The highest BCUT2D eigenvalue weighted by Crippen LogP contribution is 2.28. The van der Waals surface area contributed by atoms with Gasteiger partial charge >= 0.3 is 0 Å². The number of hydrogen-bond donors (Lipinski definition) is 1. The topological polar surface area (TPSA) is 49.7 Å². The molecule has 1 rings (SSSR count). The van der Waals surface area contributed by atoms with Gasteiger partial charge in [0.25, 0.3) is 0 Å². The summed E-state index contributed by atoms with van der Waals surface area (Å²) < 4.78 is 0. The van der Waals surface area contributed by atoms with E-state index in [2.05, 4.69) is 12.1 Å². The molecule has 0 atom stereocenters. The fraction of sp³-hybridized carbons (Fsp3) is 0.333. The maximum atomic E-state index is 10.4. The van der Waals surface area contributed by atoms with Crippen LogP contribution in [0.4, 0.5) is 5.69 Å². The third-order valence-corrected chi connectivity index (χ3v) is 2.17. The zero-order chi connectivity index (χ0) is 11.3. The van der Waals surface area contributed by atoms with Crippen molar-refractivity contribution in [3.8, 4) is 5.75 Å². The molecule has 0 fully saturated rings. The Labute approximate surface area is 89.4 Å². The van der Waals surface area contributed by atoms with Crippen LogP contribution in [0.5, 0.6) is 5.75 Å². The number of nitroso groups, excluding NO2 is 1. The average molecular weight is 205 g/mol. The van der Waals surface area contributed by atoms with Gasteiger partial charge in [0.1, 0.15) is 11.4 Å². The molecule has 0 amide bonds. The fourth-order valence-corrected chi connectivity index (χ4v) is 1.34. The molecule has 0 aliphatic heterocycles. The predicted octanol–water partition coefficient (Wildman–Crippen LogP) is 3.91. The van der Waals surface area contributed by atoms with Crippen LogP contribution >= 0.6 is 0 Å². The van der Waals surface area contributed by atoms with Crippen LogP contribution in [0.2, 0.25) is 0 Å². The minimum absolute atomic E-state index is 0.217. The van der Waals surface area contributed by atoms with E-state index >= 15 is 0 Å². The van der Waals surface area contributed by atoms with Gasteiger partial charge in [-0.05, 0) is 36.2 Å². The number of phenols is 1. The number of rotatable bonds is 4. The van der Waals surface area contributed by atoms with Gasteiger partial charge in [-0.25, -0.2) is 0 Å². The third kappa shape index (κ3) is 2.91. The average Bonchev–Trinajstić information content (AvgIpc) is 2.24. The zero-order valence-electron chi connectivity index (χ0n) is 9.03. The van der Waals surface area contributed by atoms with Crippen LogP contribution < -0.4 is 0 Å². The van der Waals surface area contributed by atoms with E-state index < -0.39 is 0 Å². The first kappa shape index (κ1) is 11.4. The largest absolute Gasteiger partial charge is 0.507 e. The number of phenolic OH excluding ortho intramolecular Hbond substituents is 1. The van der Waals surface area contributed by atoms with Crippen molar-refractivity contribution in [1.29, 1.82) is 0 Å². The van der Waals surface area contributed by atoms with Crippen LogP contribution in [0.15, 0.2) is 23.4 Å². The van der Waals surface area contributed by atoms with E-state index in [1.165, 1.54) is 0 Å². The molecule has 0 saturated carbocycles. The van der Waals surface area contributed by atoms with Gasteiger partial charge in [-0.3, -0.25) is 0 Å². The zero-order valence-corrected chi connectivity index (χ0v) is 9.03. The van der Waals surface area contributed by atoms with Crippen LogP contribution in [-0.4, -0.2) is 5.11 Å². The van der Waals surface area contributed by atoms with Crippen molar-refractivity contribution in [2.45, 2.75) is 26.7 Å². The number of hydrogen-bond acceptors (Lipinski definition) is 3. The van der Waals surface area contributed by atoms with Crippen molar-refractivity contribution in [3.63, 3.8) is 0 Å². The molecule has 0 bridgehead atoms. The summed E-state index contributed by atoms with van der Waals surface area (Å²) in [6.45, 7) is 3.83. The smallest absolute Gasteiger partial charge is 0.125 e. The number of nitrogens with zero attached hydrogens (tertiary/aromatic N) is 1. The van der Waals surface area contributed by atoms with Gasteiger partial charge in [0.15, 0.2) is 0 Å². The van der Waals surface area contributed by atoms with Crippen molar-refractivity contribution >= 4 is 11.8 Å². The minimum Gasteiger partial charge on any atom is -0.507 e.